The number of hydrogen-bond donors (Lipinski definition) is 1. The summed E-state index contributed by atoms with van der Waals surface area (Å²) >= 11 is 0. The Hall–Kier alpha value is -1.39. The molecular weight excluding hydrogens is 274 g/mol. The lowest BCUT2D eigenvalue weighted by molar-refractivity contribution is 0.347. The molecule has 5 heteroatoms. The average molecular weight is 294 g/mol. The van der Waals surface area contributed by atoms with E-state index in [-0.39, 0.29) is 18.4 Å². The van der Waals surface area contributed by atoms with Crippen molar-refractivity contribution in [1.82, 2.24) is 10.1 Å². The number of aromatic nitrogens is 2. The van der Waals surface area contributed by atoms with Crippen LogP contribution in [-0.4, -0.2) is 10.1 Å². The quantitative estimate of drug-likeness (QED) is 0.938. The Balaban J connectivity index is 0.00000147. The van der Waals surface area contributed by atoms with Crippen LogP contribution in [0, 0.1) is 0 Å². The first-order valence-corrected chi connectivity index (χ1v) is 6.96. The molecule has 1 atom stereocenters. The Bertz CT molecular complexity index is 523. The first-order valence-electron chi connectivity index (χ1n) is 6.96. The van der Waals surface area contributed by atoms with Gasteiger partial charge in [0.15, 0.2) is 5.82 Å². The monoisotopic (exact) mass is 293 g/mol. The Morgan fingerprint density at radius 1 is 1.20 bits per heavy atom. The van der Waals surface area contributed by atoms with Crippen molar-refractivity contribution in [2.75, 3.05) is 0 Å². The van der Waals surface area contributed by atoms with Gasteiger partial charge in [0, 0.05) is 5.92 Å². The smallest absolute Gasteiger partial charge is 0.243 e. The molecular formula is C15H20ClN3O. The van der Waals surface area contributed by atoms with Crippen molar-refractivity contribution in [3.63, 3.8) is 0 Å². The van der Waals surface area contributed by atoms with Gasteiger partial charge in [0.2, 0.25) is 5.89 Å². The van der Waals surface area contributed by atoms with E-state index in [1.54, 1.807) is 0 Å². The van der Waals surface area contributed by atoms with Crippen LogP contribution in [0.25, 0.3) is 0 Å². The molecule has 2 N–H and O–H groups in total. The van der Waals surface area contributed by atoms with E-state index in [1.807, 2.05) is 18.2 Å². The molecule has 0 bridgehead atoms. The Morgan fingerprint density at radius 2 is 1.90 bits per heavy atom. The predicted molar refractivity (Wildman–Crippen MR) is 79.8 cm³/mol. The molecule has 1 aromatic carbocycles. The van der Waals surface area contributed by atoms with Crippen LogP contribution in [0.4, 0.5) is 0 Å². The van der Waals surface area contributed by atoms with Crippen molar-refractivity contribution >= 4 is 12.4 Å². The number of hydrogen-bond acceptors (Lipinski definition) is 4. The lowest BCUT2D eigenvalue weighted by atomic mass is 10.1. The maximum absolute atomic E-state index is 6.14. The molecule has 2 aromatic rings. The molecule has 1 saturated carbocycles. The molecule has 1 heterocycles. The van der Waals surface area contributed by atoms with Crippen molar-refractivity contribution in [2.24, 2.45) is 5.73 Å². The maximum Gasteiger partial charge on any atom is 0.243 e. The van der Waals surface area contributed by atoms with E-state index in [2.05, 4.69) is 22.3 Å². The lowest BCUT2D eigenvalue weighted by Crippen LogP contribution is -2.14. The van der Waals surface area contributed by atoms with Gasteiger partial charge in [-0.1, -0.05) is 48.3 Å². The van der Waals surface area contributed by atoms with Gasteiger partial charge < -0.3 is 10.3 Å². The normalized spacial score (nSPS) is 16.9. The minimum absolute atomic E-state index is 0. The van der Waals surface area contributed by atoms with Gasteiger partial charge in [0.1, 0.15) is 0 Å². The summed E-state index contributed by atoms with van der Waals surface area (Å²) < 4.78 is 5.32. The zero-order valence-corrected chi connectivity index (χ0v) is 12.2. The van der Waals surface area contributed by atoms with E-state index in [4.69, 9.17) is 10.3 Å². The van der Waals surface area contributed by atoms with Gasteiger partial charge in [-0.2, -0.15) is 4.98 Å². The fourth-order valence-corrected chi connectivity index (χ4v) is 2.70. The van der Waals surface area contributed by atoms with Crippen LogP contribution in [0.15, 0.2) is 34.9 Å². The minimum Gasteiger partial charge on any atom is -0.338 e. The molecule has 1 aliphatic carbocycles. The molecule has 0 spiro atoms. The predicted octanol–water partition coefficient (Wildman–Crippen LogP) is 3.39. The van der Waals surface area contributed by atoms with Gasteiger partial charge in [-0.3, -0.25) is 0 Å². The fourth-order valence-electron chi connectivity index (χ4n) is 2.70. The molecule has 0 radical (unpaired) electrons. The van der Waals surface area contributed by atoms with Crippen molar-refractivity contribution in [2.45, 2.75) is 44.1 Å². The van der Waals surface area contributed by atoms with Crippen LogP contribution in [0.3, 0.4) is 0 Å². The first kappa shape index (κ1) is 15.0. The van der Waals surface area contributed by atoms with Gasteiger partial charge in [0.25, 0.3) is 0 Å². The number of rotatable bonds is 4. The number of benzene rings is 1. The van der Waals surface area contributed by atoms with Crippen molar-refractivity contribution in [3.05, 3.63) is 47.6 Å². The number of nitrogens with zero attached hydrogens (tertiary/aromatic N) is 2. The molecule has 1 aromatic heterocycles. The van der Waals surface area contributed by atoms with Crippen molar-refractivity contribution in [1.29, 1.82) is 0 Å². The van der Waals surface area contributed by atoms with E-state index in [0.717, 1.165) is 12.2 Å². The van der Waals surface area contributed by atoms with Crippen molar-refractivity contribution < 1.29 is 4.52 Å². The molecule has 4 nitrogen and oxygen atoms in total. The third kappa shape index (κ3) is 3.38. The zero-order valence-electron chi connectivity index (χ0n) is 11.4. The summed E-state index contributed by atoms with van der Waals surface area (Å²) in [5, 5.41) is 4.09. The highest BCUT2D eigenvalue weighted by atomic mass is 35.5. The maximum atomic E-state index is 6.14. The molecule has 0 amide bonds. The van der Waals surface area contributed by atoms with Crippen LogP contribution in [0.2, 0.25) is 0 Å². The summed E-state index contributed by atoms with van der Waals surface area (Å²) in [6, 6.07) is 9.94. The van der Waals surface area contributed by atoms with Gasteiger partial charge in [0.05, 0.1) is 6.04 Å². The van der Waals surface area contributed by atoms with Gasteiger partial charge in [-0.05, 0) is 24.8 Å². The van der Waals surface area contributed by atoms with Crippen LogP contribution in [0.1, 0.15) is 54.9 Å². The molecule has 1 aliphatic rings. The largest absolute Gasteiger partial charge is 0.338 e. The summed E-state index contributed by atoms with van der Waals surface area (Å²) in [7, 11) is 0. The van der Waals surface area contributed by atoms with Crippen LogP contribution in [0.5, 0.6) is 0 Å². The second-order valence-corrected chi connectivity index (χ2v) is 5.27. The Kier molecular flexibility index (Phi) is 5.15. The minimum atomic E-state index is -0.218. The van der Waals surface area contributed by atoms with Crippen LogP contribution < -0.4 is 5.73 Å². The second-order valence-electron chi connectivity index (χ2n) is 5.27. The van der Waals surface area contributed by atoms with E-state index in [0.29, 0.717) is 11.8 Å². The Morgan fingerprint density at radius 3 is 2.60 bits per heavy atom. The second kappa shape index (κ2) is 6.86. The molecule has 20 heavy (non-hydrogen) atoms. The summed E-state index contributed by atoms with van der Waals surface area (Å²) in [6.07, 6.45) is 5.61. The van der Waals surface area contributed by atoms with E-state index in [9.17, 15) is 0 Å². The summed E-state index contributed by atoms with van der Waals surface area (Å²) in [4.78, 5) is 4.49. The third-order valence-electron chi connectivity index (χ3n) is 3.79. The van der Waals surface area contributed by atoms with Crippen molar-refractivity contribution in [3.8, 4) is 0 Å². The molecule has 0 saturated heterocycles. The molecule has 0 aliphatic heterocycles. The van der Waals surface area contributed by atoms with Crippen LogP contribution in [-0.2, 0) is 6.42 Å². The lowest BCUT2D eigenvalue weighted by Gasteiger charge is -2.06. The summed E-state index contributed by atoms with van der Waals surface area (Å²) in [5.41, 5.74) is 7.33. The molecule has 3 rings (SSSR count). The molecule has 108 valence electrons. The highest BCUT2D eigenvalue weighted by Gasteiger charge is 2.24. The highest BCUT2D eigenvalue weighted by Crippen LogP contribution is 2.32. The first-order chi connectivity index (χ1) is 9.33. The summed E-state index contributed by atoms with van der Waals surface area (Å²) in [6.45, 7) is 0. The summed E-state index contributed by atoms with van der Waals surface area (Å²) in [5.74, 6) is 1.88. The van der Waals surface area contributed by atoms with Gasteiger partial charge in [-0.25, -0.2) is 0 Å². The zero-order chi connectivity index (χ0) is 13.1. The van der Waals surface area contributed by atoms with E-state index in [1.165, 1.54) is 31.2 Å². The third-order valence-corrected chi connectivity index (χ3v) is 3.79. The van der Waals surface area contributed by atoms with E-state index < -0.39 is 0 Å². The van der Waals surface area contributed by atoms with E-state index >= 15 is 0 Å². The van der Waals surface area contributed by atoms with Gasteiger partial charge >= 0.3 is 0 Å². The topological polar surface area (TPSA) is 64.9 Å². The number of halogens is 1. The fraction of sp³-hybridized carbons (Fsp3) is 0.467. The highest BCUT2D eigenvalue weighted by molar-refractivity contribution is 5.85. The molecule has 0 unspecified atom stereocenters. The standard InChI is InChI=1S/C15H19N3O.ClH/c16-13(10-11-6-2-1-3-7-11)15-17-14(18-19-15)12-8-4-5-9-12;/h1-3,6-7,12-13H,4-5,8-10,16H2;1H/t13-;/m0./s1. The van der Waals surface area contributed by atoms with Crippen LogP contribution >= 0.6 is 12.4 Å². The van der Waals surface area contributed by atoms with Gasteiger partial charge in [-0.15, -0.1) is 12.4 Å². The SMILES string of the molecule is Cl.N[C@@H](Cc1ccccc1)c1nc(C2CCCC2)no1. The number of nitrogens with two attached hydrogens (primary N) is 1. The molecule has 1 fully saturated rings. The average Bonchev–Trinajstić information content (AvgIpc) is 3.11. The Labute approximate surface area is 125 Å².